The maximum absolute atomic E-state index is 11.8. The normalized spacial score (nSPS) is 21.5. The average Bonchev–Trinajstić information content (AvgIpc) is 2.49. The molecule has 1 saturated carbocycles. The van der Waals surface area contributed by atoms with Crippen molar-refractivity contribution in [3.8, 4) is 5.75 Å². The minimum absolute atomic E-state index is 0.0373. The first-order valence-electron chi connectivity index (χ1n) is 7.35. The SMILES string of the molecule is O=C(CCOc1ccccc1)NC1CCC(C(=O)O)CC1. The Balaban J connectivity index is 1.63. The van der Waals surface area contributed by atoms with Gasteiger partial charge in [0.25, 0.3) is 0 Å². The number of aliphatic carboxylic acids is 1. The van der Waals surface area contributed by atoms with Crippen LogP contribution in [0.25, 0.3) is 0 Å². The Labute approximate surface area is 124 Å². The smallest absolute Gasteiger partial charge is 0.306 e. The first-order chi connectivity index (χ1) is 10.1. The zero-order valence-electron chi connectivity index (χ0n) is 12.0. The predicted octanol–water partition coefficient (Wildman–Crippen LogP) is 2.22. The molecule has 0 unspecified atom stereocenters. The van der Waals surface area contributed by atoms with Crippen molar-refractivity contribution in [3.63, 3.8) is 0 Å². The van der Waals surface area contributed by atoms with Gasteiger partial charge in [-0.2, -0.15) is 0 Å². The molecule has 5 heteroatoms. The van der Waals surface area contributed by atoms with E-state index in [2.05, 4.69) is 5.32 Å². The Bertz CT molecular complexity index is 466. The van der Waals surface area contributed by atoms with Crippen LogP contribution in [-0.4, -0.2) is 29.6 Å². The number of carbonyl (C=O) groups excluding carboxylic acids is 1. The maximum Gasteiger partial charge on any atom is 0.306 e. The molecule has 0 heterocycles. The van der Waals surface area contributed by atoms with Crippen molar-refractivity contribution in [1.29, 1.82) is 0 Å². The summed E-state index contributed by atoms with van der Waals surface area (Å²) < 4.78 is 5.48. The summed E-state index contributed by atoms with van der Waals surface area (Å²) in [5.74, 6) is -0.257. The van der Waals surface area contributed by atoms with Crippen LogP contribution in [-0.2, 0) is 9.59 Å². The lowest BCUT2D eigenvalue weighted by molar-refractivity contribution is -0.142. The summed E-state index contributed by atoms with van der Waals surface area (Å²) in [5.41, 5.74) is 0. The van der Waals surface area contributed by atoms with Crippen LogP contribution in [0.2, 0.25) is 0 Å². The molecule has 0 saturated heterocycles. The van der Waals surface area contributed by atoms with Gasteiger partial charge in [0.1, 0.15) is 5.75 Å². The number of ether oxygens (including phenoxy) is 1. The van der Waals surface area contributed by atoms with Gasteiger partial charge in [0.15, 0.2) is 0 Å². The third kappa shape index (κ3) is 5.10. The number of carboxylic acids is 1. The Hall–Kier alpha value is -2.04. The Morgan fingerprint density at radius 1 is 1.14 bits per heavy atom. The van der Waals surface area contributed by atoms with Gasteiger partial charge in [0.2, 0.25) is 5.91 Å². The summed E-state index contributed by atoms with van der Waals surface area (Å²) in [4.78, 5) is 22.7. The van der Waals surface area contributed by atoms with Crippen LogP contribution in [0.4, 0.5) is 0 Å². The molecule has 114 valence electrons. The molecule has 1 aliphatic carbocycles. The molecular weight excluding hydrogens is 270 g/mol. The Kier molecular flexibility index (Phi) is 5.60. The number of rotatable bonds is 6. The van der Waals surface area contributed by atoms with Gasteiger partial charge in [-0.25, -0.2) is 0 Å². The standard InChI is InChI=1S/C16H21NO4/c18-15(10-11-21-14-4-2-1-3-5-14)17-13-8-6-12(7-9-13)16(19)20/h1-5,12-13H,6-11H2,(H,17,18)(H,19,20). The number of hydrogen-bond donors (Lipinski definition) is 2. The molecular formula is C16H21NO4. The van der Waals surface area contributed by atoms with Crippen molar-refractivity contribution in [1.82, 2.24) is 5.32 Å². The molecule has 21 heavy (non-hydrogen) atoms. The summed E-state index contributed by atoms with van der Waals surface area (Å²) in [6.07, 6.45) is 3.07. The van der Waals surface area contributed by atoms with Crippen molar-refractivity contribution in [2.45, 2.75) is 38.1 Å². The highest BCUT2D eigenvalue weighted by Gasteiger charge is 2.26. The highest BCUT2D eigenvalue weighted by atomic mass is 16.5. The molecule has 1 fully saturated rings. The van der Waals surface area contributed by atoms with Crippen LogP contribution < -0.4 is 10.1 Å². The van der Waals surface area contributed by atoms with E-state index in [1.165, 1.54) is 0 Å². The van der Waals surface area contributed by atoms with Crippen molar-refractivity contribution in [2.75, 3.05) is 6.61 Å². The Morgan fingerprint density at radius 2 is 1.81 bits per heavy atom. The molecule has 0 bridgehead atoms. The van der Waals surface area contributed by atoms with Crippen molar-refractivity contribution in [3.05, 3.63) is 30.3 Å². The third-order valence-corrected chi connectivity index (χ3v) is 3.78. The van der Waals surface area contributed by atoms with Gasteiger partial charge in [-0.05, 0) is 37.8 Å². The molecule has 5 nitrogen and oxygen atoms in total. The number of hydrogen-bond acceptors (Lipinski definition) is 3. The first kappa shape index (κ1) is 15.4. The number of amides is 1. The van der Waals surface area contributed by atoms with E-state index in [4.69, 9.17) is 9.84 Å². The van der Waals surface area contributed by atoms with E-state index in [0.717, 1.165) is 18.6 Å². The molecule has 0 spiro atoms. The highest BCUT2D eigenvalue weighted by Crippen LogP contribution is 2.24. The Morgan fingerprint density at radius 3 is 2.43 bits per heavy atom. The van der Waals surface area contributed by atoms with Gasteiger partial charge < -0.3 is 15.2 Å². The van der Waals surface area contributed by atoms with Gasteiger partial charge in [-0.1, -0.05) is 18.2 Å². The monoisotopic (exact) mass is 291 g/mol. The van der Waals surface area contributed by atoms with E-state index in [-0.39, 0.29) is 17.9 Å². The molecule has 1 aliphatic rings. The predicted molar refractivity (Wildman–Crippen MR) is 78.1 cm³/mol. The lowest BCUT2D eigenvalue weighted by atomic mass is 9.86. The molecule has 2 N–H and O–H groups in total. The van der Waals surface area contributed by atoms with Crippen LogP contribution in [0.3, 0.4) is 0 Å². The van der Waals surface area contributed by atoms with Gasteiger partial charge >= 0.3 is 5.97 Å². The van der Waals surface area contributed by atoms with Crippen molar-refractivity contribution < 1.29 is 19.4 Å². The van der Waals surface area contributed by atoms with E-state index < -0.39 is 5.97 Å². The van der Waals surface area contributed by atoms with Crippen LogP contribution in [0.1, 0.15) is 32.1 Å². The van der Waals surface area contributed by atoms with Gasteiger partial charge in [-0.3, -0.25) is 9.59 Å². The van der Waals surface area contributed by atoms with E-state index >= 15 is 0 Å². The first-order valence-corrected chi connectivity index (χ1v) is 7.35. The van der Waals surface area contributed by atoms with E-state index in [1.54, 1.807) is 0 Å². The molecule has 0 aliphatic heterocycles. The topological polar surface area (TPSA) is 75.6 Å². The third-order valence-electron chi connectivity index (χ3n) is 3.78. The van der Waals surface area contributed by atoms with Crippen LogP contribution in [0, 0.1) is 5.92 Å². The van der Waals surface area contributed by atoms with Crippen molar-refractivity contribution in [2.24, 2.45) is 5.92 Å². The van der Waals surface area contributed by atoms with Gasteiger partial charge in [0.05, 0.1) is 18.9 Å². The lowest BCUT2D eigenvalue weighted by Crippen LogP contribution is -2.39. The summed E-state index contributed by atoms with van der Waals surface area (Å²) in [6, 6.07) is 9.49. The second kappa shape index (κ2) is 7.67. The second-order valence-electron chi connectivity index (χ2n) is 5.37. The highest BCUT2D eigenvalue weighted by molar-refractivity contribution is 5.76. The lowest BCUT2D eigenvalue weighted by Gasteiger charge is -2.26. The molecule has 2 rings (SSSR count). The van der Waals surface area contributed by atoms with Crippen LogP contribution in [0.15, 0.2) is 30.3 Å². The molecule has 0 atom stereocenters. The molecule has 1 aromatic carbocycles. The summed E-state index contributed by atoms with van der Waals surface area (Å²) in [5, 5.41) is 11.9. The van der Waals surface area contributed by atoms with E-state index in [1.807, 2.05) is 30.3 Å². The molecule has 1 amide bonds. The number of carboxylic acid groups (broad SMARTS) is 1. The number of nitrogens with one attached hydrogen (secondary N) is 1. The number of benzene rings is 1. The summed E-state index contributed by atoms with van der Waals surface area (Å²) in [7, 11) is 0. The maximum atomic E-state index is 11.8. The quantitative estimate of drug-likeness (QED) is 0.842. The molecule has 0 radical (unpaired) electrons. The zero-order chi connectivity index (χ0) is 15.1. The van der Waals surface area contributed by atoms with Crippen LogP contribution >= 0.6 is 0 Å². The van der Waals surface area contributed by atoms with Crippen molar-refractivity contribution >= 4 is 11.9 Å². The second-order valence-corrected chi connectivity index (χ2v) is 5.37. The van der Waals surface area contributed by atoms with Gasteiger partial charge in [-0.15, -0.1) is 0 Å². The molecule has 1 aromatic rings. The van der Waals surface area contributed by atoms with Gasteiger partial charge in [0, 0.05) is 6.04 Å². The minimum atomic E-state index is -0.726. The molecule has 0 aromatic heterocycles. The van der Waals surface area contributed by atoms with E-state index in [0.29, 0.717) is 25.9 Å². The largest absolute Gasteiger partial charge is 0.493 e. The number of carbonyl (C=O) groups is 2. The fourth-order valence-electron chi connectivity index (χ4n) is 2.56. The fourth-order valence-corrected chi connectivity index (χ4v) is 2.56. The number of para-hydroxylation sites is 1. The summed E-state index contributed by atoms with van der Waals surface area (Å²) in [6.45, 7) is 0.348. The fraction of sp³-hybridized carbons (Fsp3) is 0.500. The summed E-state index contributed by atoms with van der Waals surface area (Å²) >= 11 is 0. The average molecular weight is 291 g/mol. The zero-order valence-corrected chi connectivity index (χ0v) is 12.0. The van der Waals surface area contributed by atoms with Crippen LogP contribution in [0.5, 0.6) is 5.75 Å². The minimum Gasteiger partial charge on any atom is -0.493 e. The van der Waals surface area contributed by atoms with E-state index in [9.17, 15) is 9.59 Å².